The van der Waals surface area contributed by atoms with Gasteiger partial charge in [0, 0.05) is 26.7 Å². The van der Waals surface area contributed by atoms with E-state index in [4.69, 9.17) is 0 Å². The van der Waals surface area contributed by atoms with Gasteiger partial charge in [-0.15, -0.1) is 24.0 Å². The minimum Gasteiger partial charge on any atom is -0.357 e. The maximum atomic E-state index is 12.8. The van der Waals surface area contributed by atoms with Gasteiger partial charge >= 0.3 is 6.18 Å². The molecule has 9 heteroatoms. The topological polar surface area (TPSA) is 47.9 Å². The lowest BCUT2D eigenvalue weighted by Crippen LogP contribution is -2.45. The fourth-order valence-corrected chi connectivity index (χ4v) is 2.44. The molecule has 1 rings (SSSR count). The summed E-state index contributed by atoms with van der Waals surface area (Å²) in [5.41, 5.74) is -0.237. The summed E-state index contributed by atoms with van der Waals surface area (Å²) in [6.45, 7) is 7.79. The van der Waals surface area contributed by atoms with Gasteiger partial charge < -0.3 is 15.1 Å². The van der Waals surface area contributed by atoms with Gasteiger partial charge in [0.25, 0.3) is 0 Å². The van der Waals surface area contributed by atoms with Crippen LogP contribution in [0.1, 0.15) is 31.9 Å². The van der Waals surface area contributed by atoms with Crippen molar-refractivity contribution >= 4 is 35.8 Å². The van der Waals surface area contributed by atoms with E-state index in [9.17, 15) is 18.0 Å². The quantitative estimate of drug-likeness (QED) is 0.354. The number of amides is 1. The third-order valence-electron chi connectivity index (χ3n) is 3.85. The van der Waals surface area contributed by atoms with Crippen molar-refractivity contribution in [1.82, 2.24) is 15.1 Å². The summed E-state index contributed by atoms with van der Waals surface area (Å²) in [6, 6.07) is 5.10. The summed E-state index contributed by atoms with van der Waals surface area (Å²) >= 11 is 0. The van der Waals surface area contributed by atoms with Gasteiger partial charge in [0.05, 0.1) is 18.7 Å². The molecule has 1 aromatic carbocycles. The largest absolute Gasteiger partial charge is 0.416 e. The van der Waals surface area contributed by atoms with Crippen molar-refractivity contribution in [2.75, 3.05) is 33.2 Å². The zero-order chi connectivity index (χ0) is 19.7. The van der Waals surface area contributed by atoms with Crippen LogP contribution in [0.3, 0.4) is 0 Å². The van der Waals surface area contributed by atoms with Gasteiger partial charge in [-0.3, -0.25) is 4.79 Å². The molecule has 0 aliphatic rings. The Labute approximate surface area is 176 Å². The molecule has 0 heterocycles. The molecule has 0 bridgehead atoms. The van der Waals surface area contributed by atoms with Gasteiger partial charge in [-0.1, -0.05) is 12.1 Å². The molecule has 1 aromatic rings. The summed E-state index contributed by atoms with van der Waals surface area (Å²) < 4.78 is 38.4. The van der Waals surface area contributed by atoms with E-state index in [2.05, 4.69) is 10.3 Å². The van der Waals surface area contributed by atoms with Gasteiger partial charge in [0.15, 0.2) is 5.96 Å². The number of aliphatic imine (C=N–C) groups is 1. The Hall–Kier alpha value is -1.52. The minimum atomic E-state index is -4.38. The van der Waals surface area contributed by atoms with Gasteiger partial charge in [-0.2, -0.15) is 13.2 Å². The van der Waals surface area contributed by atoms with Crippen molar-refractivity contribution in [2.24, 2.45) is 4.99 Å². The van der Waals surface area contributed by atoms with Crippen LogP contribution >= 0.6 is 24.0 Å². The van der Waals surface area contributed by atoms with E-state index in [1.807, 2.05) is 20.8 Å². The highest BCUT2D eigenvalue weighted by Crippen LogP contribution is 2.29. The van der Waals surface area contributed by atoms with E-state index in [1.165, 1.54) is 6.07 Å². The second-order valence-corrected chi connectivity index (χ2v) is 5.79. The second-order valence-electron chi connectivity index (χ2n) is 5.79. The summed E-state index contributed by atoms with van der Waals surface area (Å²) in [7, 11) is 1.73. The molecule has 1 amide bonds. The van der Waals surface area contributed by atoms with Gasteiger partial charge in [0.1, 0.15) is 0 Å². The normalized spacial score (nSPS) is 11.6. The third-order valence-corrected chi connectivity index (χ3v) is 3.85. The molecule has 0 unspecified atom stereocenters. The smallest absolute Gasteiger partial charge is 0.357 e. The highest BCUT2D eigenvalue weighted by Gasteiger charge is 2.30. The predicted molar refractivity (Wildman–Crippen MR) is 112 cm³/mol. The molecule has 0 saturated carbocycles. The fourth-order valence-electron chi connectivity index (χ4n) is 2.44. The van der Waals surface area contributed by atoms with Crippen LogP contribution < -0.4 is 5.32 Å². The van der Waals surface area contributed by atoms with Crippen LogP contribution in [0, 0.1) is 0 Å². The van der Waals surface area contributed by atoms with Crippen LogP contribution in [0.5, 0.6) is 0 Å². The number of nitrogens with one attached hydrogen (secondary N) is 1. The Morgan fingerprint density at radius 3 is 2.33 bits per heavy atom. The lowest BCUT2D eigenvalue weighted by Gasteiger charge is -2.25. The Morgan fingerprint density at radius 1 is 1.19 bits per heavy atom. The number of carbonyl (C=O) groups excluding carboxylic acids is 1. The molecular weight excluding hydrogens is 472 g/mol. The summed E-state index contributed by atoms with van der Waals surface area (Å²) in [4.78, 5) is 20.0. The first kappa shape index (κ1) is 25.5. The van der Waals surface area contributed by atoms with E-state index in [-0.39, 0.29) is 43.0 Å². The van der Waals surface area contributed by atoms with Crippen molar-refractivity contribution in [3.63, 3.8) is 0 Å². The lowest BCUT2D eigenvalue weighted by atomic mass is 10.1. The number of hydrogen-bond acceptors (Lipinski definition) is 2. The van der Waals surface area contributed by atoms with E-state index < -0.39 is 11.7 Å². The first-order valence-electron chi connectivity index (χ1n) is 8.66. The van der Waals surface area contributed by atoms with Crippen LogP contribution in [-0.4, -0.2) is 54.9 Å². The fraction of sp³-hybridized carbons (Fsp3) is 0.556. The molecule has 0 fully saturated rings. The van der Waals surface area contributed by atoms with E-state index >= 15 is 0 Å². The maximum Gasteiger partial charge on any atom is 0.416 e. The SMILES string of the molecule is CCNC(=NCc1cccc(C(F)(F)F)c1)N(C)CC(=O)N(CC)CC.I. The Bertz CT molecular complexity index is 619. The molecule has 1 N–H and O–H groups in total. The van der Waals surface area contributed by atoms with E-state index in [0.29, 0.717) is 31.2 Å². The van der Waals surface area contributed by atoms with E-state index in [0.717, 1.165) is 12.1 Å². The maximum absolute atomic E-state index is 12.8. The average molecular weight is 500 g/mol. The summed E-state index contributed by atoms with van der Waals surface area (Å²) in [5, 5.41) is 3.06. The predicted octanol–water partition coefficient (Wildman–Crippen LogP) is 3.59. The number of guanidine groups is 1. The average Bonchev–Trinajstić information content (AvgIpc) is 2.59. The summed E-state index contributed by atoms with van der Waals surface area (Å²) in [6.07, 6.45) is -4.38. The standard InChI is InChI=1S/C18H27F3N4O.HI/c1-5-22-17(24(4)13-16(26)25(6-2)7-3)23-12-14-9-8-10-15(11-14)18(19,20)21;/h8-11H,5-7,12-13H2,1-4H3,(H,22,23);1H. The third kappa shape index (κ3) is 8.35. The molecule has 0 aromatic heterocycles. The van der Waals surface area contributed by atoms with Crippen LogP contribution in [-0.2, 0) is 17.5 Å². The van der Waals surface area contributed by atoms with Crippen LogP contribution in [0.15, 0.2) is 29.3 Å². The summed E-state index contributed by atoms with van der Waals surface area (Å²) in [5.74, 6) is 0.451. The molecule has 0 spiro atoms. The lowest BCUT2D eigenvalue weighted by molar-refractivity contribution is -0.137. The highest BCUT2D eigenvalue weighted by molar-refractivity contribution is 14.0. The number of rotatable bonds is 7. The second kappa shape index (κ2) is 12.0. The molecule has 5 nitrogen and oxygen atoms in total. The first-order valence-corrected chi connectivity index (χ1v) is 8.66. The van der Waals surface area contributed by atoms with Crippen LogP contribution in [0.2, 0.25) is 0 Å². The Kier molecular flexibility index (Phi) is 11.4. The molecule has 27 heavy (non-hydrogen) atoms. The zero-order valence-electron chi connectivity index (χ0n) is 16.1. The van der Waals surface area contributed by atoms with E-state index in [1.54, 1.807) is 22.9 Å². The molecule has 0 aliphatic carbocycles. The molecule has 0 saturated heterocycles. The van der Waals surface area contributed by atoms with Crippen LogP contribution in [0.4, 0.5) is 13.2 Å². The molecule has 0 radical (unpaired) electrons. The highest BCUT2D eigenvalue weighted by atomic mass is 127. The van der Waals surface area contributed by atoms with Gasteiger partial charge in [-0.25, -0.2) is 4.99 Å². The van der Waals surface area contributed by atoms with Crippen molar-refractivity contribution in [1.29, 1.82) is 0 Å². The van der Waals surface area contributed by atoms with Crippen molar-refractivity contribution in [3.8, 4) is 0 Å². The van der Waals surface area contributed by atoms with Gasteiger partial charge in [-0.05, 0) is 38.5 Å². The number of carbonyl (C=O) groups is 1. The number of benzene rings is 1. The van der Waals surface area contributed by atoms with Gasteiger partial charge in [0.2, 0.25) is 5.91 Å². The Balaban J connectivity index is 0.00000676. The zero-order valence-corrected chi connectivity index (χ0v) is 18.5. The van der Waals surface area contributed by atoms with Crippen LogP contribution in [0.25, 0.3) is 0 Å². The number of alkyl halides is 3. The monoisotopic (exact) mass is 500 g/mol. The number of halogens is 4. The number of nitrogens with zero attached hydrogens (tertiary/aromatic N) is 3. The van der Waals surface area contributed by atoms with Crippen molar-refractivity contribution < 1.29 is 18.0 Å². The van der Waals surface area contributed by atoms with Crippen molar-refractivity contribution in [2.45, 2.75) is 33.5 Å². The molecule has 0 aliphatic heterocycles. The number of likely N-dealkylation sites (N-methyl/N-ethyl adjacent to an activating group) is 2. The minimum absolute atomic E-state index is 0. The molecule has 154 valence electrons. The molecular formula is C18H28F3IN4O. The first-order chi connectivity index (χ1) is 12.2. The number of hydrogen-bond donors (Lipinski definition) is 1. The molecule has 0 atom stereocenters. The Morgan fingerprint density at radius 2 is 1.81 bits per heavy atom. The van der Waals surface area contributed by atoms with Crippen molar-refractivity contribution in [3.05, 3.63) is 35.4 Å².